The average Bonchev–Trinajstić information content (AvgIpc) is 2.90. The molecule has 24 heavy (non-hydrogen) atoms. The molecule has 1 saturated heterocycles. The Labute approximate surface area is 140 Å². The van der Waals surface area contributed by atoms with Crippen molar-refractivity contribution in [1.82, 2.24) is 9.55 Å². The Bertz CT molecular complexity index is 640. The van der Waals surface area contributed by atoms with E-state index < -0.39 is 29.4 Å². The van der Waals surface area contributed by atoms with Gasteiger partial charge in [-0.15, -0.1) is 12.8 Å². The fourth-order valence-electron chi connectivity index (χ4n) is 1.91. The number of carbonyl (C=O) groups excluding carboxylic acids is 1. The summed E-state index contributed by atoms with van der Waals surface area (Å²) in [6, 6.07) is 1.26. The fourth-order valence-corrected chi connectivity index (χ4v) is 1.91. The molecule has 0 amide bonds. The molecule has 0 unspecified atom stereocenters. The zero-order chi connectivity index (χ0) is 18.9. The Kier molecular flexibility index (Phi) is 8.92. The van der Waals surface area contributed by atoms with Gasteiger partial charge >= 0.3 is 5.69 Å². The number of nitrogens with zero attached hydrogens (tertiary/aromatic N) is 1. The number of aromatic amines is 1. The quantitative estimate of drug-likeness (QED) is 0.464. The van der Waals surface area contributed by atoms with Gasteiger partial charge in [0.05, 0.1) is 0 Å². The Hall–Kier alpha value is -2.21. The van der Waals surface area contributed by atoms with Gasteiger partial charge in [-0.25, -0.2) is 4.79 Å². The van der Waals surface area contributed by atoms with Crippen molar-refractivity contribution in [1.29, 1.82) is 0 Å². The summed E-state index contributed by atoms with van der Waals surface area (Å²) in [6.45, 7) is 5.05. The molecule has 1 aliphatic heterocycles. The smallest absolute Gasteiger partial charge is 0.330 e. The normalized spacial score (nSPS) is 22.5. The van der Waals surface area contributed by atoms with Crippen LogP contribution in [0.25, 0.3) is 0 Å². The largest absolute Gasteiger partial charge is 0.366 e. The first kappa shape index (κ1) is 21.8. The summed E-state index contributed by atoms with van der Waals surface area (Å²) in [7, 11) is 1.46. The minimum Gasteiger partial charge on any atom is -0.366 e. The van der Waals surface area contributed by atoms with Crippen molar-refractivity contribution in [3.8, 4) is 12.8 Å². The van der Waals surface area contributed by atoms with E-state index in [4.69, 9.17) is 9.84 Å². The predicted molar refractivity (Wildman–Crippen MR) is 88.3 cm³/mol. The number of terminal acetylenes is 1. The van der Waals surface area contributed by atoms with E-state index in [1.807, 2.05) is 6.92 Å². The first-order valence-electron chi connectivity index (χ1n) is 7.21. The molecule has 3 atom stereocenters. The molecule has 1 fully saturated rings. The standard InChI is InChI=1S/C10H12N2O4.C4H10O2.C2H2/c1-6-4-7(5-13)16-9(6)12-3-2-8(14)11-10(12)15;1-4(2,5)6-3;1-2/h2-3,5-7,9H,4H2,1H3,(H,11,14,15);5H,1-3H3;1-2H/t6-,7-,9+;;/m0../s1. The number of aldehydes is 1. The summed E-state index contributed by atoms with van der Waals surface area (Å²) >= 11 is 0. The van der Waals surface area contributed by atoms with Gasteiger partial charge in [0.15, 0.2) is 5.79 Å². The second-order valence-corrected chi connectivity index (χ2v) is 5.58. The van der Waals surface area contributed by atoms with Crippen LogP contribution in [0.3, 0.4) is 0 Å². The molecule has 134 valence electrons. The van der Waals surface area contributed by atoms with Crippen molar-refractivity contribution in [3.05, 3.63) is 33.1 Å². The lowest BCUT2D eigenvalue weighted by atomic mass is 10.1. The number of rotatable bonds is 3. The van der Waals surface area contributed by atoms with Gasteiger partial charge in [-0.2, -0.15) is 0 Å². The lowest BCUT2D eigenvalue weighted by Crippen LogP contribution is -2.33. The van der Waals surface area contributed by atoms with Crippen LogP contribution in [0.5, 0.6) is 0 Å². The summed E-state index contributed by atoms with van der Waals surface area (Å²) < 4.78 is 11.2. The van der Waals surface area contributed by atoms with Gasteiger partial charge in [-0.1, -0.05) is 6.92 Å². The van der Waals surface area contributed by atoms with Crippen molar-refractivity contribution >= 4 is 6.29 Å². The lowest BCUT2D eigenvalue weighted by Gasteiger charge is -2.16. The highest BCUT2D eigenvalue weighted by Crippen LogP contribution is 2.31. The van der Waals surface area contributed by atoms with Gasteiger partial charge in [-0.05, 0) is 20.3 Å². The Morgan fingerprint density at radius 2 is 2.00 bits per heavy atom. The molecular formula is C16H24N2O6. The highest BCUT2D eigenvalue weighted by molar-refractivity contribution is 5.56. The highest BCUT2D eigenvalue weighted by Gasteiger charge is 2.33. The molecule has 8 nitrogen and oxygen atoms in total. The van der Waals surface area contributed by atoms with Crippen LogP contribution in [0.4, 0.5) is 0 Å². The second kappa shape index (κ2) is 9.82. The number of H-pyrrole nitrogens is 1. The van der Waals surface area contributed by atoms with Crippen LogP contribution < -0.4 is 11.2 Å². The Balaban J connectivity index is 0.000000563. The first-order valence-corrected chi connectivity index (χ1v) is 7.21. The van der Waals surface area contributed by atoms with E-state index in [9.17, 15) is 14.4 Å². The summed E-state index contributed by atoms with van der Waals surface area (Å²) in [6.07, 6.45) is 9.74. The molecule has 8 heteroatoms. The Morgan fingerprint density at radius 1 is 1.46 bits per heavy atom. The molecule has 0 radical (unpaired) electrons. The highest BCUT2D eigenvalue weighted by atomic mass is 16.6. The van der Waals surface area contributed by atoms with Crippen LogP contribution in [-0.4, -0.2) is 39.9 Å². The molecule has 0 saturated carbocycles. The minimum absolute atomic E-state index is 0.0544. The number of hydrogen-bond acceptors (Lipinski definition) is 6. The number of methoxy groups -OCH3 is 1. The number of aliphatic hydroxyl groups is 1. The zero-order valence-corrected chi connectivity index (χ0v) is 14.3. The van der Waals surface area contributed by atoms with Crippen LogP contribution in [-0.2, 0) is 14.3 Å². The zero-order valence-electron chi connectivity index (χ0n) is 14.3. The maximum atomic E-state index is 11.5. The van der Waals surface area contributed by atoms with Crippen LogP contribution in [0.2, 0.25) is 0 Å². The van der Waals surface area contributed by atoms with E-state index >= 15 is 0 Å². The van der Waals surface area contributed by atoms with Crippen LogP contribution in [0.15, 0.2) is 21.9 Å². The van der Waals surface area contributed by atoms with Gasteiger partial charge in [-0.3, -0.25) is 14.3 Å². The van der Waals surface area contributed by atoms with E-state index in [0.717, 1.165) is 6.29 Å². The summed E-state index contributed by atoms with van der Waals surface area (Å²) in [5.41, 5.74) is -0.963. The SMILES string of the molecule is C#C.COC(C)(C)O.C[C@H]1C[C@@H](C=O)O[C@H]1n1ccc(=O)[nH]c1=O. The Morgan fingerprint density at radius 3 is 2.38 bits per heavy atom. The van der Waals surface area contributed by atoms with Crippen molar-refractivity contribution in [3.63, 3.8) is 0 Å². The molecule has 1 aromatic rings. The van der Waals surface area contributed by atoms with Crippen LogP contribution >= 0.6 is 0 Å². The number of hydrogen-bond donors (Lipinski definition) is 2. The van der Waals surface area contributed by atoms with Crippen molar-refractivity contribution < 1.29 is 19.4 Å². The van der Waals surface area contributed by atoms with Crippen molar-refractivity contribution in [2.75, 3.05) is 7.11 Å². The summed E-state index contributed by atoms with van der Waals surface area (Å²) in [4.78, 5) is 35.2. The topological polar surface area (TPSA) is 111 Å². The second-order valence-electron chi connectivity index (χ2n) is 5.58. The van der Waals surface area contributed by atoms with E-state index in [1.165, 1.54) is 23.9 Å². The lowest BCUT2D eigenvalue weighted by molar-refractivity contribution is -0.155. The van der Waals surface area contributed by atoms with Gasteiger partial charge in [0.2, 0.25) is 0 Å². The monoisotopic (exact) mass is 340 g/mol. The van der Waals surface area contributed by atoms with Crippen LogP contribution in [0, 0.1) is 18.8 Å². The third-order valence-corrected chi connectivity index (χ3v) is 3.18. The summed E-state index contributed by atoms with van der Waals surface area (Å²) in [5.74, 6) is -0.904. The molecule has 1 aromatic heterocycles. The van der Waals surface area contributed by atoms with E-state index in [1.54, 1.807) is 13.8 Å². The number of aromatic nitrogens is 2. The molecule has 0 aliphatic carbocycles. The van der Waals surface area contributed by atoms with Crippen LogP contribution in [0.1, 0.15) is 33.4 Å². The van der Waals surface area contributed by atoms with Gasteiger partial charge < -0.3 is 19.4 Å². The molecule has 0 bridgehead atoms. The molecular weight excluding hydrogens is 316 g/mol. The summed E-state index contributed by atoms with van der Waals surface area (Å²) in [5, 5.41) is 8.60. The molecule has 2 heterocycles. The number of carbonyl (C=O) groups is 1. The third kappa shape index (κ3) is 6.91. The third-order valence-electron chi connectivity index (χ3n) is 3.18. The first-order chi connectivity index (χ1) is 11.2. The number of ether oxygens (including phenoxy) is 2. The molecule has 2 rings (SSSR count). The van der Waals surface area contributed by atoms with Gasteiger partial charge in [0, 0.05) is 25.3 Å². The minimum atomic E-state index is -0.958. The average molecular weight is 340 g/mol. The fraction of sp³-hybridized carbons (Fsp3) is 0.562. The number of nitrogens with one attached hydrogen (secondary N) is 1. The van der Waals surface area contributed by atoms with E-state index in [2.05, 4.69) is 22.6 Å². The van der Waals surface area contributed by atoms with Crippen molar-refractivity contribution in [2.24, 2.45) is 5.92 Å². The molecule has 2 N–H and O–H groups in total. The maximum absolute atomic E-state index is 11.5. The van der Waals surface area contributed by atoms with Crippen molar-refractivity contribution in [2.45, 2.75) is 45.3 Å². The van der Waals surface area contributed by atoms with Gasteiger partial charge in [0.25, 0.3) is 5.56 Å². The van der Waals surface area contributed by atoms with E-state index in [0.29, 0.717) is 6.42 Å². The van der Waals surface area contributed by atoms with E-state index in [-0.39, 0.29) is 5.92 Å². The maximum Gasteiger partial charge on any atom is 0.330 e. The molecule has 0 spiro atoms. The molecule has 1 aliphatic rings. The molecule has 0 aromatic carbocycles. The predicted octanol–water partition coefficient (Wildman–Crippen LogP) is 0.270. The van der Waals surface area contributed by atoms with Gasteiger partial charge in [0.1, 0.15) is 18.6 Å².